The Labute approximate surface area is 255 Å². The van der Waals surface area contributed by atoms with Gasteiger partial charge in [-0.15, -0.1) is 0 Å². The van der Waals surface area contributed by atoms with Crippen LogP contribution in [0.3, 0.4) is 0 Å². The summed E-state index contributed by atoms with van der Waals surface area (Å²) in [7, 11) is 0. The van der Waals surface area contributed by atoms with Crippen LogP contribution >= 0.6 is 0 Å². The summed E-state index contributed by atoms with van der Waals surface area (Å²) in [5, 5.41) is 2.32. The van der Waals surface area contributed by atoms with Crippen LogP contribution in [-0.2, 0) is 0 Å². The summed E-state index contributed by atoms with van der Waals surface area (Å²) in [4.78, 5) is 15.1. The number of rotatable bonds is 7. The van der Waals surface area contributed by atoms with Crippen molar-refractivity contribution in [2.75, 3.05) is 16.3 Å². The van der Waals surface area contributed by atoms with E-state index in [1.807, 2.05) is 12.4 Å². The van der Waals surface area contributed by atoms with E-state index in [0.717, 1.165) is 33.9 Å². The first kappa shape index (κ1) is 26.7. The summed E-state index contributed by atoms with van der Waals surface area (Å²) in [6.45, 7) is 3.47. The van der Waals surface area contributed by atoms with Gasteiger partial charge in [0.2, 0.25) is 0 Å². The van der Waals surface area contributed by atoms with Crippen molar-refractivity contribution in [2.45, 2.75) is 89.3 Å². The van der Waals surface area contributed by atoms with Crippen molar-refractivity contribution < 1.29 is 0 Å². The number of hydrogen-bond donors (Lipinski definition) is 0. The highest BCUT2D eigenvalue weighted by Gasteiger charge is 2.36. The van der Waals surface area contributed by atoms with Crippen LogP contribution in [0, 0.1) is 0 Å². The van der Waals surface area contributed by atoms with Crippen LogP contribution in [0.4, 0.5) is 11.4 Å². The van der Waals surface area contributed by atoms with Gasteiger partial charge in [-0.3, -0.25) is 9.97 Å². The molecule has 0 spiro atoms. The number of unbranched alkanes of at least 4 members (excludes halogenated alkanes) is 1. The maximum Gasteiger partial charge on any atom is 0.0970 e. The molecule has 0 aliphatic carbocycles. The molecule has 8 rings (SSSR count). The van der Waals surface area contributed by atoms with E-state index in [9.17, 15) is 0 Å². The Hall–Kier alpha value is -3.92. The number of fused-ring (bicyclic) bond motifs is 5. The molecule has 3 aliphatic rings. The molecular weight excluding hydrogens is 524 g/mol. The van der Waals surface area contributed by atoms with Gasteiger partial charge in [0.05, 0.1) is 11.0 Å². The first-order valence-electron chi connectivity index (χ1n) is 16.7. The van der Waals surface area contributed by atoms with E-state index in [0.29, 0.717) is 6.04 Å². The molecule has 0 saturated carbocycles. The van der Waals surface area contributed by atoms with Crippen LogP contribution in [0.25, 0.3) is 44.1 Å². The molecule has 4 nitrogen and oxygen atoms in total. The third kappa shape index (κ3) is 4.76. The summed E-state index contributed by atoms with van der Waals surface area (Å²) in [5.41, 5.74) is 9.61. The molecule has 3 aromatic carbocycles. The Kier molecular flexibility index (Phi) is 7.01. The van der Waals surface area contributed by atoms with Crippen molar-refractivity contribution in [3.63, 3.8) is 0 Å². The van der Waals surface area contributed by atoms with Crippen molar-refractivity contribution in [1.82, 2.24) is 9.97 Å². The fourth-order valence-corrected chi connectivity index (χ4v) is 8.43. The quantitative estimate of drug-likeness (QED) is 0.184. The fraction of sp³-hybridized carbons (Fsp3) is 0.385. The van der Waals surface area contributed by atoms with Gasteiger partial charge in [-0.25, -0.2) is 0 Å². The fourth-order valence-electron chi connectivity index (χ4n) is 8.43. The molecule has 3 aliphatic heterocycles. The van der Waals surface area contributed by atoms with Crippen molar-refractivity contribution in [2.24, 2.45) is 0 Å². The van der Waals surface area contributed by atoms with Gasteiger partial charge in [-0.05, 0) is 110 Å². The van der Waals surface area contributed by atoms with Gasteiger partial charge >= 0.3 is 0 Å². The van der Waals surface area contributed by atoms with Crippen LogP contribution in [0.15, 0.2) is 85.2 Å². The molecule has 0 N–H and O–H groups in total. The number of anilines is 2. The normalized spacial score (nSPS) is 21.7. The number of piperidine rings is 1. The second-order valence-electron chi connectivity index (χ2n) is 13.0. The van der Waals surface area contributed by atoms with E-state index in [1.54, 1.807) is 0 Å². The van der Waals surface area contributed by atoms with E-state index in [-0.39, 0.29) is 0 Å². The number of nitrogens with zero attached hydrogens (tertiary/aromatic N) is 4. The zero-order valence-electron chi connectivity index (χ0n) is 25.4. The Morgan fingerprint density at radius 2 is 1.21 bits per heavy atom. The van der Waals surface area contributed by atoms with Gasteiger partial charge in [-0.1, -0.05) is 56.2 Å². The summed E-state index contributed by atoms with van der Waals surface area (Å²) >= 11 is 0. The monoisotopic (exact) mass is 566 g/mol. The molecular formula is C39H42N4. The minimum absolute atomic E-state index is 0.690. The minimum Gasteiger partial charge on any atom is -0.369 e. The topological polar surface area (TPSA) is 32.3 Å². The van der Waals surface area contributed by atoms with Crippen molar-refractivity contribution in [3.05, 3.63) is 85.2 Å². The van der Waals surface area contributed by atoms with Gasteiger partial charge in [-0.2, -0.15) is 0 Å². The smallest absolute Gasteiger partial charge is 0.0970 e. The average molecular weight is 567 g/mol. The Balaban J connectivity index is 1.11. The lowest BCUT2D eigenvalue weighted by Crippen LogP contribution is -2.39. The molecule has 43 heavy (non-hydrogen) atoms. The van der Waals surface area contributed by atoms with E-state index in [4.69, 9.17) is 9.97 Å². The van der Waals surface area contributed by atoms with Gasteiger partial charge in [0.1, 0.15) is 0 Å². The van der Waals surface area contributed by atoms with E-state index in [1.165, 1.54) is 104 Å². The lowest BCUT2D eigenvalue weighted by molar-refractivity contribution is 0.468. The third-order valence-electron chi connectivity index (χ3n) is 10.6. The molecule has 2 aromatic heterocycles. The SMILES string of the molecule is CCCCC1CCCN1c1ccc(-c2ccnc3c2ccc2c(-c4ccc(N5C6CCCC5CC6)cc4)ccnc23)cc1. The Morgan fingerprint density at radius 3 is 1.79 bits per heavy atom. The standard InChI is InChI=1S/C39H42N4/c1-2-3-6-29-9-5-26-42(29)30-14-10-27(11-15-30)34-22-24-40-38-36(34)20-21-37-35(23-25-41-39(37)38)28-12-16-33(17-13-28)43-31-7-4-8-32(43)19-18-31/h10-17,20-25,29,31-32H,2-9,18-19,26H2,1H3. The molecule has 2 bridgehead atoms. The highest BCUT2D eigenvalue weighted by atomic mass is 15.2. The molecule has 3 saturated heterocycles. The Morgan fingerprint density at radius 1 is 0.628 bits per heavy atom. The van der Waals surface area contributed by atoms with E-state index in [2.05, 4.69) is 89.5 Å². The largest absolute Gasteiger partial charge is 0.369 e. The summed E-state index contributed by atoms with van der Waals surface area (Å²) in [5.74, 6) is 0. The predicted octanol–water partition coefficient (Wildman–Crippen LogP) is 9.80. The van der Waals surface area contributed by atoms with Gasteiger partial charge < -0.3 is 9.80 Å². The third-order valence-corrected chi connectivity index (χ3v) is 10.6. The van der Waals surface area contributed by atoms with Crippen LogP contribution in [0.1, 0.15) is 71.1 Å². The summed E-state index contributed by atoms with van der Waals surface area (Å²) in [6.07, 6.45) is 17.2. The average Bonchev–Trinajstić information content (AvgIpc) is 3.63. The zero-order chi connectivity index (χ0) is 28.8. The predicted molar refractivity (Wildman–Crippen MR) is 181 cm³/mol. The van der Waals surface area contributed by atoms with E-state index < -0.39 is 0 Å². The summed E-state index contributed by atoms with van der Waals surface area (Å²) in [6, 6.07) is 29.5. The highest BCUT2D eigenvalue weighted by molar-refractivity contribution is 6.11. The van der Waals surface area contributed by atoms with Crippen molar-refractivity contribution in [3.8, 4) is 22.3 Å². The number of hydrogen-bond acceptors (Lipinski definition) is 4. The van der Waals surface area contributed by atoms with Crippen LogP contribution < -0.4 is 9.80 Å². The maximum absolute atomic E-state index is 4.87. The minimum atomic E-state index is 0.690. The first-order valence-corrected chi connectivity index (χ1v) is 16.7. The molecule has 0 radical (unpaired) electrons. The van der Waals surface area contributed by atoms with E-state index >= 15 is 0 Å². The lowest BCUT2D eigenvalue weighted by atomic mass is 9.96. The van der Waals surface area contributed by atoms with Gasteiger partial charge in [0.25, 0.3) is 0 Å². The molecule has 218 valence electrons. The Bertz CT molecular complexity index is 1730. The molecule has 3 fully saturated rings. The van der Waals surface area contributed by atoms with Gasteiger partial charge in [0.15, 0.2) is 0 Å². The number of pyridine rings is 2. The van der Waals surface area contributed by atoms with Crippen molar-refractivity contribution >= 4 is 33.2 Å². The second kappa shape index (κ2) is 11.3. The van der Waals surface area contributed by atoms with Gasteiger partial charge in [0, 0.05) is 59.2 Å². The summed E-state index contributed by atoms with van der Waals surface area (Å²) < 4.78 is 0. The maximum atomic E-state index is 4.87. The van der Waals surface area contributed by atoms with Crippen LogP contribution in [-0.4, -0.2) is 34.6 Å². The second-order valence-corrected chi connectivity index (χ2v) is 13.0. The van der Waals surface area contributed by atoms with Crippen LogP contribution in [0.5, 0.6) is 0 Å². The van der Waals surface area contributed by atoms with Crippen LogP contribution in [0.2, 0.25) is 0 Å². The first-order chi connectivity index (χ1) is 21.3. The van der Waals surface area contributed by atoms with Crippen molar-refractivity contribution in [1.29, 1.82) is 0 Å². The molecule has 3 unspecified atom stereocenters. The molecule has 3 atom stereocenters. The molecule has 4 heteroatoms. The zero-order valence-corrected chi connectivity index (χ0v) is 25.4. The lowest BCUT2D eigenvalue weighted by Gasteiger charge is -2.37. The molecule has 0 amide bonds. The number of aromatic nitrogens is 2. The molecule has 5 aromatic rings. The highest BCUT2D eigenvalue weighted by Crippen LogP contribution is 2.41. The number of benzene rings is 3. The molecule has 5 heterocycles.